The van der Waals surface area contributed by atoms with E-state index < -0.39 is 0 Å². The molecule has 0 aliphatic heterocycles. The molecule has 0 radical (unpaired) electrons. The average Bonchev–Trinajstić information content (AvgIpc) is 2.03. The van der Waals surface area contributed by atoms with Crippen molar-refractivity contribution >= 4 is 0 Å². The minimum absolute atomic E-state index is 0.0894. The van der Waals surface area contributed by atoms with Crippen molar-refractivity contribution in [2.24, 2.45) is 0 Å². The fraction of sp³-hybridized carbons (Fsp3) is 0.800. The molecule has 12 heavy (non-hydrogen) atoms. The lowest BCUT2D eigenvalue weighted by Crippen LogP contribution is -1.96. The van der Waals surface area contributed by atoms with Gasteiger partial charge in [-0.3, -0.25) is 0 Å². The van der Waals surface area contributed by atoms with Crippen LogP contribution in [0.15, 0.2) is 11.5 Å². The van der Waals surface area contributed by atoms with E-state index in [1.807, 2.05) is 13.8 Å². The van der Waals surface area contributed by atoms with Gasteiger partial charge in [0.1, 0.15) is 0 Å². The Morgan fingerprint density at radius 1 is 1.17 bits per heavy atom. The zero-order chi connectivity index (χ0) is 9.40. The first-order chi connectivity index (χ1) is 5.68. The van der Waals surface area contributed by atoms with Crippen molar-refractivity contribution in [2.45, 2.75) is 46.5 Å². The summed E-state index contributed by atoms with van der Waals surface area (Å²) in [6.45, 7) is 6.48. The molecule has 0 bridgehead atoms. The van der Waals surface area contributed by atoms with Gasteiger partial charge in [-0.05, 0) is 20.3 Å². The van der Waals surface area contributed by atoms with Gasteiger partial charge in [0.2, 0.25) is 0 Å². The van der Waals surface area contributed by atoms with E-state index in [4.69, 9.17) is 9.84 Å². The summed E-state index contributed by atoms with van der Waals surface area (Å²) in [5.41, 5.74) is 0.838. The van der Waals surface area contributed by atoms with Gasteiger partial charge >= 0.3 is 0 Å². The molecule has 0 fully saturated rings. The third-order valence-corrected chi connectivity index (χ3v) is 1.66. The monoisotopic (exact) mass is 172 g/mol. The average molecular weight is 172 g/mol. The second-order valence-electron chi connectivity index (χ2n) is 3.21. The van der Waals surface area contributed by atoms with Crippen LogP contribution in [0.1, 0.15) is 46.5 Å². The highest BCUT2D eigenvalue weighted by Gasteiger charge is 1.95. The molecule has 0 saturated heterocycles. The smallest absolute Gasteiger partial charge is 0.275 e. The summed E-state index contributed by atoms with van der Waals surface area (Å²) < 4.78 is 5.09. The standard InChI is InChI=1S/C10H20O2/c1-4-5-6-7-8-12-10(11)9(2)3/h11H,4-8H2,1-3H3. The van der Waals surface area contributed by atoms with Gasteiger partial charge in [-0.15, -0.1) is 0 Å². The van der Waals surface area contributed by atoms with Crippen molar-refractivity contribution in [3.05, 3.63) is 11.5 Å². The van der Waals surface area contributed by atoms with Crippen molar-refractivity contribution < 1.29 is 9.84 Å². The van der Waals surface area contributed by atoms with Crippen LogP contribution in [0.5, 0.6) is 0 Å². The Bertz CT molecular complexity index is 135. The molecule has 0 aliphatic carbocycles. The van der Waals surface area contributed by atoms with Gasteiger partial charge in [-0.2, -0.15) is 0 Å². The molecule has 0 amide bonds. The quantitative estimate of drug-likeness (QED) is 0.491. The number of hydrogen-bond acceptors (Lipinski definition) is 2. The van der Waals surface area contributed by atoms with Crippen LogP contribution >= 0.6 is 0 Å². The number of hydrogen-bond donors (Lipinski definition) is 1. The lowest BCUT2D eigenvalue weighted by Gasteiger charge is -2.05. The van der Waals surface area contributed by atoms with Crippen molar-refractivity contribution in [1.82, 2.24) is 0 Å². The predicted octanol–water partition coefficient (Wildman–Crippen LogP) is 3.39. The molecule has 0 aliphatic rings. The van der Waals surface area contributed by atoms with Gasteiger partial charge in [0, 0.05) is 5.57 Å². The third kappa shape index (κ3) is 6.08. The number of aliphatic hydroxyl groups excluding tert-OH is 1. The molecule has 72 valence electrons. The number of allylic oxidation sites excluding steroid dienone is 1. The summed E-state index contributed by atoms with van der Waals surface area (Å²) in [7, 11) is 0. The SMILES string of the molecule is CCCCCCOC(O)=C(C)C. The molecule has 1 N–H and O–H groups in total. The number of rotatable bonds is 6. The van der Waals surface area contributed by atoms with E-state index in [9.17, 15) is 0 Å². The largest absolute Gasteiger partial charge is 0.481 e. The first-order valence-corrected chi connectivity index (χ1v) is 4.67. The third-order valence-electron chi connectivity index (χ3n) is 1.66. The molecular weight excluding hydrogens is 152 g/mol. The highest BCUT2D eigenvalue weighted by molar-refractivity contribution is 4.93. The molecule has 2 heteroatoms. The van der Waals surface area contributed by atoms with E-state index in [0.717, 1.165) is 12.0 Å². The zero-order valence-electron chi connectivity index (χ0n) is 8.39. The highest BCUT2D eigenvalue weighted by atomic mass is 16.6. The number of aliphatic hydroxyl groups is 1. The van der Waals surface area contributed by atoms with Crippen LogP contribution in [0.2, 0.25) is 0 Å². The van der Waals surface area contributed by atoms with Gasteiger partial charge in [0.05, 0.1) is 6.61 Å². The lowest BCUT2D eigenvalue weighted by molar-refractivity contribution is 0.0865. The van der Waals surface area contributed by atoms with Gasteiger partial charge in [-0.1, -0.05) is 26.2 Å². The molecule has 0 unspecified atom stereocenters. The second-order valence-corrected chi connectivity index (χ2v) is 3.21. The maximum absolute atomic E-state index is 9.14. The van der Waals surface area contributed by atoms with Crippen LogP contribution in [-0.2, 0) is 4.74 Å². The minimum Gasteiger partial charge on any atom is -0.481 e. The maximum atomic E-state index is 9.14. The topological polar surface area (TPSA) is 29.5 Å². The minimum atomic E-state index is 0.0894. The summed E-state index contributed by atoms with van der Waals surface area (Å²) in [6, 6.07) is 0. The van der Waals surface area contributed by atoms with E-state index in [-0.39, 0.29) is 5.95 Å². The van der Waals surface area contributed by atoms with Crippen LogP contribution in [-0.4, -0.2) is 11.7 Å². The number of ether oxygens (including phenoxy) is 1. The Morgan fingerprint density at radius 3 is 2.33 bits per heavy atom. The van der Waals surface area contributed by atoms with Crippen LogP contribution < -0.4 is 0 Å². The van der Waals surface area contributed by atoms with Gasteiger partial charge < -0.3 is 9.84 Å². The van der Waals surface area contributed by atoms with Gasteiger partial charge in [0.25, 0.3) is 5.95 Å². The molecule has 2 nitrogen and oxygen atoms in total. The van der Waals surface area contributed by atoms with E-state index in [0.29, 0.717) is 6.61 Å². The van der Waals surface area contributed by atoms with E-state index in [1.54, 1.807) is 0 Å². The molecule has 0 aromatic rings. The summed E-state index contributed by atoms with van der Waals surface area (Å²) in [5, 5.41) is 9.14. The fourth-order valence-corrected chi connectivity index (χ4v) is 0.842. The normalized spacial score (nSPS) is 9.58. The Labute approximate surface area is 75.2 Å². The first kappa shape index (κ1) is 11.3. The Kier molecular flexibility index (Phi) is 6.63. The molecule has 0 aromatic carbocycles. The fourth-order valence-electron chi connectivity index (χ4n) is 0.842. The molecular formula is C10H20O2. The Morgan fingerprint density at radius 2 is 1.83 bits per heavy atom. The van der Waals surface area contributed by atoms with Crippen LogP contribution in [0, 0.1) is 0 Å². The summed E-state index contributed by atoms with van der Waals surface area (Å²) in [4.78, 5) is 0. The lowest BCUT2D eigenvalue weighted by atomic mass is 10.2. The molecule has 0 saturated carbocycles. The van der Waals surface area contributed by atoms with Crippen molar-refractivity contribution in [2.75, 3.05) is 6.61 Å². The van der Waals surface area contributed by atoms with Crippen LogP contribution in [0.25, 0.3) is 0 Å². The van der Waals surface area contributed by atoms with Gasteiger partial charge in [-0.25, -0.2) is 0 Å². The zero-order valence-corrected chi connectivity index (χ0v) is 8.39. The second kappa shape index (κ2) is 7.01. The predicted molar refractivity (Wildman–Crippen MR) is 51.1 cm³/mol. The molecule has 0 spiro atoms. The Hall–Kier alpha value is -0.660. The van der Waals surface area contributed by atoms with Gasteiger partial charge in [0.15, 0.2) is 0 Å². The molecule has 0 atom stereocenters. The highest BCUT2D eigenvalue weighted by Crippen LogP contribution is 2.04. The summed E-state index contributed by atoms with van der Waals surface area (Å²) >= 11 is 0. The van der Waals surface area contributed by atoms with E-state index >= 15 is 0 Å². The van der Waals surface area contributed by atoms with Crippen LogP contribution in [0.3, 0.4) is 0 Å². The van der Waals surface area contributed by atoms with Crippen molar-refractivity contribution in [3.63, 3.8) is 0 Å². The number of unbranched alkanes of at least 4 members (excludes halogenated alkanes) is 3. The first-order valence-electron chi connectivity index (χ1n) is 4.67. The molecule has 0 aromatic heterocycles. The van der Waals surface area contributed by atoms with Crippen molar-refractivity contribution in [3.8, 4) is 0 Å². The summed E-state index contributed by atoms with van der Waals surface area (Å²) in [6.07, 6.45) is 4.70. The van der Waals surface area contributed by atoms with E-state index in [1.165, 1.54) is 19.3 Å². The van der Waals surface area contributed by atoms with Crippen LogP contribution in [0.4, 0.5) is 0 Å². The van der Waals surface area contributed by atoms with Crippen molar-refractivity contribution in [1.29, 1.82) is 0 Å². The molecule has 0 rings (SSSR count). The Balaban J connectivity index is 3.26. The van der Waals surface area contributed by atoms with E-state index in [2.05, 4.69) is 6.92 Å². The maximum Gasteiger partial charge on any atom is 0.275 e. The molecule has 0 heterocycles. The summed E-state index contributed by atoms with van der Waals surface area (Å²) in [5.74, 6) is 0.0894.